The molecule has 10 heteroatoms. The SMILES string of the molecule is COc1cccc(OC)c1/C=C1\SC(=O)N(Cc2ccc(-c3ccccc3-c3nn[nH]n3)cc2)C1=O. The predicted molar refractivity (Wildman–Crippen MR) is 136 cm³/mol. The maximum atomic E-state index is 13.1. The molecule has 5 rings (SSSR count). The van der Waals surface area contributed by atoms with Gasteiger partial charge in [-0.05, 0) is 51.9 Å². The minimum atomic E-state index is -0.357. The van der Waals surface area contributed by atoms with E-state index in [1.165, 1.54) is 4.90 Å². The summed E-state index contributed by atoms with van der Waals surface area (Å²) in [5, 5.41) is 14.0. The molecular weight excluding hydrogens is 478 g/mol. The molecule has 0 aliphatic carbocycles. The van der Waals surface area contributed by atoms with E-state index in [2.05, 4.69) is 20.6 Å². The van der Waals surface area contributed by atoms with Gasteiger partial charge in [-0.25, -0.2) is 0 Å². The zero-order chi connectivity index (χ0) is 25.1. The van der Waals surface area contributed by atoms with Gasteiger partial charge in [0, 0.05) is 5.56 Å². The number of benzene rings is 3. The molecule has 4 aromatic rings. The Balaban J connectivity index is 1.37. The van der Waals surface area contributed by atoms with Crippen LogP contribution in [-0.2, 0) is 11.3 Å². The first kappa shape index (κ1) is 23.3. The number of methoxy groups -OCH3 is 2. The zero-order valence-electron chi connectivity index (χ0n) is 19.5. The van der Waals surface area contributed by atoms with E-state index in [0.29, 0.717) is 27.8 Å². The van der Waals surface area contributed by atoms with E-state index in [1.54, 1.807) is 38.5 Å². The quantitative estimate of drug-likeness (QED) is 0.362. The lowest BCUT2D eigenvalue weighted by Crippen LogP contribution is -2.27. The second kappa shape index (κ2) is 10.0. The molecule has 36 heavy (non-hydrogen) atoms. The van der Waals surface area contributed by atoms with Crippen LogP contribution in [0.15, 0.2) is 71.6 Å². The van der Waals surface area contributed by atoms with E-state index in [9.17, 15) is 9.59 Å². The van der Waals surface area contributed by atoms with Gasteiger partial charge >= 0.3 is 0 Å². The summed E-state index contributed by atoms with van der Waals surface area (Å²) < 4.78 is 10.8. The van der Waals surface area contributed by atoms with E-state index in [-0.39, 0.29) is 17.7 Å². The van der Waals surface area contributed by atoms with Crippen LogP contribution in [0.4, 0.5) is 4.79 Å². The molecule has 1 aliphatic rings. The number of nitrogens with one attached hydrogen (secondary N) is 1. The summed E-state index contributed by atoms with van der Waals surface area (Å²) in [6.45, 7) is 0.165. The minimum absolute atomic E-state index is 0.165. The van der Waals surface area contributed by atoms with Crippen molar-refractivity contribution in [1.82, 2.24) is 25.5 Å². The molecule has 0 unspecified atom stereocenters. The fourth-order valence-corrected chi connectivity index (χ4v) is 4.79. The average Bonchev–Trinajstić information content (AvgIpc) is 3.54. The molecule has 0 radical (unpaired) electrons. The van der Waals surface area contributed by atoms with Gasteiger partial charge in [-0.15, -0.1) is 10.2 Å². The molecule has 180 valence electrons. The average molecular weight is 500 g/mol. The maximum absolute atomic E-state index is 13.1. The molecular formula is C26H21N5O4S. The number of aromatic nitrogens is 4. The van der Waals surface area contributed by atoms with Crippen molar-refractivity contribution in [2.75, 3.05) is 14.2 Å². The van der Waals surface area contributed by atoms with Crippen molar-refractivity contribution in [3.8, 4) is 34.0 Å². The number of hydrogen-bond acceptors (Lipinski definition) is 8. The van der Waals surface area contributed by atoms with Gasteiger partial charge in [0.05, 0.1) is 31.2 Å². The predicted octanol–water partition coefficient (Wildman–Crippen LogP) is 4.79. The molecule has 1 fully saturated rings. The van der Waals surface area contributed by atoms with E-state index < -0.39 is 0 Å². The molecule has 1 N–H and O–H groups in total. The minimum Gasteiger partial charge on any atom is -0.496 e. The molecule has 1 saturated heterocycles. The standard InChI is InChI=1S/C26H21N5O4S/c1-34-21-8-5-9-22(35-2)20(21)14-23-25(32)31(26(33)36-23)15-16-10-12-17(13-11-16)18-6-3-4-7-19(18)24-27-29-30-28-24/h3-14H,15H2,1-2H3,(H,27,28,29,30)/b23-14-. The van der Waals surface area contributed by atoms with E-state index in [4.69, 9.17) is 9.47 Å². The summed E-state index contributed by atoms with van der Waals surface area (Å²) in [5.41, 5.74) is 4.19. The summed E-state index contributed by atoms with van der Waals surface area (Å²) in [6.07, 6.45) is 1.64. The Morgan fingerprint density at radius 3 is 2.25 bits per heavy atom. The number of carbonyl (C=O) groups is 2. The van der Waals surface area contributed by atoms with Crippen molar-refractivity contribution in [2.45, 2.75) is 6.54 Å². The highest BCUT2D eigenvalue weighted by Gasteiger charge is 2.35. The number of H-pyrrole nitrogens is 1. The lowest BCUT2D eigenvalue weighted by molar-refractivity contribution is -0.123. The number of aromatic amines is 1. The molecule has 3 aromatic carbocycles. The van der Waals surface area contributed by atoms with Gasteiger partial charge in [-0.1, -0.05) is 54.6 Å². The normalized spacial score (nSPS) is 14.5. The third kappa shape index (κ3) is 4.46. The van der Waals surface area contributed by atoms with E-state index >= 15 is 0 Å². The number of imide groups is 1. The summed E-state index contributed by atoms with van der Waals surface area (Å²) in [4.78, 5) is 27.4. The number of hydrogen-bond donors (Lipinski definition) is 1. The van der Waals surface area contributed by atoms with Gasteiger partial charge in [0.25, 0.3) is 11.1 Å². The molecule has 0 saturated carbocycles. The Kier molecular flexibility index (Phi) is 6.50. The summed E-state index contributed by atoms with van der Waals surface area (Å²) in [7, 11) is 3.09. The fraction of sp³-hybridized carbons (Fsp3) is 0.115. The topological polar surface area (TPSA) is 110 Å². The van der Waals surface area contributed by atoms with Gasteiger partial charge in [0.2, 0.25) is 5.82 Å². The van der Waals surface area contributed by atoms with Crippen molar-refractivity contribution in [2.24, 2.45) is 0 Å². The van der Waals surface area contributed by atoms with Crippen molar-refractivity contribution in [3.63, 3.8) is 0 Å². The van der Waals surface area contributed by atoms with Gasteiger partial charge in [0.1, 0.15) is 11.5 Å². The van der Waals surface area contributed by atoms with Crippen molar-refractivity contribution < 1.29 is 19.1 Å². The van der Waals surface area contributed by atoms with Crippen LogP contribution < -0.4 is 9.47 Å². The number of ether oxygens (including phenoxy) is 2. The smallest absolute Gasteiger partial charge is 0.293 e. The van der Waals surface area contributed by atoms with Gasteiger partial charge in [-0.2, -0.15) is 5.21 Å². The highest BCUT2D eigenvalue weighted by Crippen LogP contribution is 2.38. The van der Waals surface area contributed by atoms with Crippen LogP contribution >= 0.6 is 11.8 Å². The molecule has 2 amide bonds. The summed E-state index contributed by atoms with van der Waals surface area (Å²) in [6, 6.07) is 20.8. The Bertz CT molecular complexity index is 1430. The zero-order valence-corrected chi connectivity index (χ0v) is 20.3. The van der Waals surface area contributed by atoms with Crippen molar-refractivity contribution in [3.05, 3.63) is 82.8 Å². The monoisotopic (exact) mass is 499 g/mol. The highest BCUT2D eigenvalue weighted by atomic mass is 32.2. The maximum Gasteiger partial charge on any atom is 0.293 e. The molecule has 1 aromatic heterocycles. The first-order valence-electron chi connectivity index (χ1n) is 11.0. The second-order valence-corrected chi connectivity index (χ2v) is 8.82. The largest absolute Gasteiger partial charge is 0.496 e. The van der Waals surface area contributed by atoms with Crippen LogP contribution in [0.1, 0.15) is 11.1 Å². The Morgan fingerprint density at radius 2 is 1.61 bits per heavy atom. The first-order chi connectivity index (χ1) is 17.6. The summed E-state index contributed by atoms with van der Waals surface area (Å²) >= 11 is 0.899. The van der Waals surface area contributed by atoms with Gasteiger partial charge in [-0.3, -0.25) is 14.5 Å². The van der Waals surface area contributed by atoms with E-state index in [1.807, 2.05) is 48.5 Å². The van der Waals surface area contributed by atoms with E-state index in [0.717, 1.165) is 34.0 Å². The molecule has 0 bridgehead atoms. The molecule has 0 spiro atoms. The van der Waals surface area contributed by atoms with Crippen LogP contribution in [0.25, 0.3) is 28.6 Å². The Morgan fingerprint density at radius 1 is 0.917 bits per heavy atom. The van der Waals surface area contributed by atoms with Crippen LogP contribution in [0.3, 0.4) is 0 Å². The number of rotatable bonds is 7. The molecule has 1 aliphatic heterocycles. The first-order valence-corrected chi connectivity index (χ1v) is 11.8. The van der Waals surface area contributed by atoms with Crippen LogP contribution in [0.2, 0.25) is 0 Å². The molecule has 2 heterocycles. The van der Waals surface area contributed by atoms with Crippen molar-refractivity contribution >= 4 is 29.0 Å². The van der Waals surface area contributed by atoms with Crippen LogP contribution in [0, 0.1) is 0 Å². The van der Waals surface area contributed by atoms with Crippen molar-refractivity contribution in [1.29, 1.82) is 0 Å². The highest BCUT2D eigenvalue weighted by molar-refractivity contribution is 8.18. The fourth-order valence-electron chi connectivity index (χ4n) is 3.97. The van der Waals surface area contributed by atoms with Gasteiger partial charge < -0.3 is 9.47 Å². The number of nitrogens with zero attached hydrogens (tertiary/aromatic N) is 4. The lowest BCUT2D eigenvalue weighted by atomic mass is 9.98. The number of tetrazole rings is 1. The molecule has 9 nitrogen and oxygen atoms in total. The number of thioether (sulfide) groups is 1. The second-order valence-electron chi connectivity index (χ2n) is 7.82. The van der Waals surface area contributed by atoms with Crippen LogP contribution in [0.5, 0.6) is 11.5 Å². The third-order valence-electron chi connectivity index (χ3n) is 5.73. The Labute approximate surface area is 211 Å². The number of carbonyl (C=O) groups excluding carboxylic acids is 2. The third-order valence-corrected chi connectivity index (χ3v) is 6.64. The van der Waals surface area contributed by atoms with Crippen LogP contribution in [-0.4, -0.2) is 50.9 Å². The summed E-state index contributed by atoms with van der Waals surface area (Å²) in [5.74, 6) is 1.26. The Hall–Kier alpha value is -4.44. The van der Waals surface area contributed by atoms with Gasteiger partial charge in [0.15, 0.2) is 0 Å². The molecule has 0 atom stereocenters. The number of amides is 2. The lowest BCUT2D eigenvalue weighted by Gasteiger charge is -2.14.